The Morgan fingerprint density at radius 2 is 1.32 bits per heavy atom. The second-order valence-electron chi connectivity index (χ2n) is 5.48. The van der Waals surface area contributed by atoms with Crippen molar-refractivity contribution in [1.82, 2.24) is 0 Å². The second kappa shape index (κ2) is 17.7. The van der Waals surface area contributed by atoms with Gasteiger partial charge in [-0.1, -0.05) is 70.4 Å². The van der Waals surface area contributed by atoms with E-state index in [0.717, 1.165) is 12.8 Å². The van der Waals surface area contributed by atoms with Crippen molar-refractivity contribution >= 4 is 0 Å². The summed E-state index contributed by atoms with van der Waals surface area (Å²) in [7, 11) is 0. The molecule has 0 aliphatic rings. The van der Waals surface area contributed by atoms with Crippen LogP contribution in [0.25, 0.3) is 0 Å². The lowest BCUT2D eigenvalue weighted by atomic mass is 10.1. The van der Waals surface area contributed by atoms with Crippen LogP contribution in [0.15, 0.2) is 12.2 Å². The Labute approximate surface area is 121 Å². The van der Waals surface area contributed by atoms with Gasteiger partial charge in [-0.3, -0.25) is 0 Å². The highest BCUT2D eigenvalue weighted by atomic mass is 16.2. The molecule has 1 radical (unpaired) electrons. The van der Waals surface area contributed by atoms with Crippen LogP contribution < -0.4 is 0 Å². The molecule has 1 nitrogen and oxygen atoms in total. The Morgan fingerprint density at radius 1 is 0.684 bits per heavy atom. The summed E-state index contributed by atoms with van der Waals surface area (Å²) in [6.45, 7) is 2.62. The van der Waals surface area contributed by atoms with Crippen molar-refractivity contribution in [3.8, 4) is 0 Å². The van der Waals surface area contributed by atoms with Gasteiger partial charge in [-0.05, 0) is 38.5 Å². The van der Waals surface area contributed by atoms with Crippen LogP contribution in [0, 0.1) is 6.42 Å². The number of rotatable bonds is 15. The van der Waals surface area contributed by atoms with E-state index in [4.69, 9.17) is 5.11 Å². The van der Waals surface area contributed by atoms with Gasteiger partial charge in [-0.15, -0.1) is 0 Å². The molecule has 0 bridgehead atoms. The molecule has 0 heterocycles. The standard InChI is InChI=1S/C18H35O/c1-2-3-4-5-6-7-8-9-10-11-12-13-14-15-16-17-18-19/h9-10,12,19H,2-8,11,13-18H2,1H3. The monoisotopic (exact) mass is 267 g/mol. The predicted octanol–water partition coefficient (Wildman–Crippen LogP) is 5.83. The number of hydrogen-bond acceptors (Lipinski definition) is 1. The third-order valence-electron chi connectivity index (χ3n) is 3.51. The lowest BCUT2D eigenvalue weighted by Crippen LogP contribution is -1.84. The highest BCUT2D eigenvalue weighted by molar-refractivity contribution is 4.86. The SMILES string of the molecule is CCCCCCCCC=CC[CH]CCCCCCO. The third kappa shape index (κ3) is 17.7. The first kappa shape index (κ1) is 18.7. The molecule has 0 saturated heterocycles. The maximum atomic E-state index is 8.65. The van der Waals surface area contributed by atoms with Crippen molar-refractivity contribution in [2.75, 3.05) is 6.61 Å². The Balaban J connectivity index is 3.01. The zero-order chi connectivity index (χ0) is 14.0. The molecule has 19 heavy (non-hydrogen) atoms. The molecular formula is C18H35O. The molecule has 0 aliphatic carbocycles. The fourth-order valence-corrected chi connectivity index (χ4v) is 2.22. The van der Waals surface area contributed by atoms with Crippen molar-refractivity contribution in [3.63, 3.8) is 0 Å². The number of allylic oxidation sites excluding steroid dienone is 2. The molecule has 0 aromatic rings. The molecule has 0 aromatic heterocycles. The van der Waals surface area contributed by atoms with Gasteiger partial charge in [-0.2, -0.15) is 0 Å². The molecule has 0 atom stereocenters. The van der Waals surface area contributed by atoms with E-state index < -0.39 is 0 Å². The van der Waals surface area contributed by atoms with Crippen molar-refractivity contribution in [2.24, 2.45) is 0 Å². The largest absolute Gasteiger partial charge is 0.396 e. The van der Waals surface area contributed by atoms with E-state index in [9.17, 15) is 0 Å². The molecule has 0 unspecified atom stereocenters. The van der Waals surface area contributed by atoms with Crippen LogP contribution in [0.4, 0.5) is 0 Å². The van der Waals surface area contributed by atoms with Gasteiger partial charge in [0.25, 0.3) is 0 Å². The first-order valence-corrected chi connectivity index (χ1v) is 8.49. The van der Waals surface area contributed by atoms with E-state index in [1.165, 1.54) is 70.6 Å². The van der Waals surface area contributed by atoms with Crippen molar-refractivity contribution in [1.29, 1.82) is 0 Å². The smallest absolute Gasteiger partial charge is 0.0431 e. The van der Waals surface area contributed by atoms with Gasteiger partial charge >= 0.3 is 0 Å². The summed E-state index contributed by atoms with van der Waals surface area (Å²) < 4.78 is 0. The lowest BCUT2D eigenvalue weighted by Gasteiger charge is -1.99. The maximum absolute atomic E-state index is 8.65. The molecule has 0 fully saturated rings. The Bertz CT molecular complexity index is 175. The Hall–Kier alpha value is -0.300. The fourth-order valence-electron chi connectivity index (χ4n) is 2.22. The average molecular weight is 267 g/mol. The lowest BCUT2D eigenvalue weighted by molar-refractivity contribution is 0.282. The summed E-state index contributed by atoms with van der Waals surface area (Å²) in [5, 5.41) is 8.65. The Morgan fingerprint density at radius 3 is 2.05 bits per heavy atom. The van der Waals surface area contributed by atoms with E-state index in [0.29, 0.717) is 6.61 Å². The summed E-state index contributed by atoms with van der Waals surface area (Å²) in [6.07, 6.45) is 23.7. The summed E-state index contributed by atoms with van der Waals surface area (Å²) in [6, 6.07) is 0. The maximum Gasteiger partial charge on any atom is 0.0431 e. The summed E-state index contributed by atoms with van der Waals surface area (Å²) in [4.78, 5) is 0. The van der Waals surface area contributed by atoms with E-state index in [1.54, 1.807) is 0 Å². The minimum absolute atomic E-state index is 0.352. The van der Waals surface area contributed by atoms with Crippen LogP contribution in [0.5, 0.6) is 0 Å². The molecule has 0 spiro atoms. The van der Waals surface area contributed by atoms with E-state index in [2.05, 4.69) is 25.5 Å². The molecule has 1 heteroatoms. The minimum Gasteiger partial charge on any atom is -0.396 e. The zero-order valence-electron chi connectivity index (χ0n) is 13.1. The van der Waals surface area contributed by atoms with Crippen LogP contribution in [0.3, 0.4) is 0 Å². The van der Waals surface area contributed by atoms with Gasteiger partial charge in [0.2, 0.25) is 0 Å². The first-order valence-electron chi connectivity index (χ1n) is 8.49. The van der Waals surface area contributed by atoms with Crippen molar-refractivity contribution in [2.45, 2.75) is 90.4 Å². The highest BCUT2D eigenvalue weighted by Crippen LogP contribution is 2.09. The molecule has 0 aromatic carbocycles. The average Bonchev–Trinajstić information content (AvgIpc) is 2.43. The molecule has 0 aliphatic heterocycles. The topological polar surface area (TPSA) is 20.2 Å². The van der Waals surface area contributed by atoms with Crippen LogP contribution in [0.2, 0.25) is 0 Å². The van der Waals surface area contributed by atoms with Crippen LogP contribution in [0.1, 0.15) is 90.4 Å². The summed E-state index contributed by atoms with van der Waals surface area (Å²) >= 11 is 0. The molecular weight excluding hydrogens is 232 g/mol. The molecule has 113 valence electrons. The third-order valence-corrected chi connectivity index (χ3v) is 3.51. The number of unbranched alkanes of at least 4 members (excludes halogenated alkanes) is 12. The van der Waals surface area contributed by atoms with Gasteiger partial charge in [-0.25, -0.2) is 0 Å². The van der Waals surface area contributed by atoms with E-state index in [1.807, 2.05) is 0 Å². The van der Waals surface area contributed by atoms with Crippen molar-refractivity contribution in [3.05, 3.63) is 18.6 Å². The molecule has 0 saturated carbocycles. The van der Waals surface area contributed by atoms with Gasteiger partial charge in [0.15, 0.2) is 0 Å². The van der Waals surface area contributed by atoms with Crippen LogP contribution in [-0.4, -0.2) is 11.7 Å². The van der Waals surface area contributed by atoms with Gasteiger partial charge in [0.05, 0.1) is 0 Å². The second-order valence-corrected chi connectivity index (χ2v) is 5.48. The van der Waals surface area contributed by atoms with Crippen molar-refractivity contribution < 1.29 is 5.11 Å². The number of hydrogen-bond donors (Lipinski definition) is 1. The summed E-state index contributed by atoms with van der Waals surface area (Å²) in [5.74, 6) is 0. The predicted molar refractivity (Wildman–Crippen MR) is 86.2 cm³/mol. The van der Waals surface area contributed by atoms with Crippen LogP contribution >= 0.6 is 0 Å². The van der Waals surface area contributed by atoms with Gasteiger partial charge < -0.3 is 5.11 Å². The first-order chi connectivity index (χ1) is 9.41. The normalized spacial score (nSPS) is 11.5. The molecule has 0 rings (SSSR count). The quantitative estimate of drug-likeness (QED) is 0.292. The van der Waals surface area contributed by atoms with Crippen LogP contribution in [-0.2, 0) is 0 Å². The number of aliphatic hydroxyl groups excluding tert-OH is 1. The zero-order valence-corrected chi connectivity index (χ0v) is 13.1. The van der Waals surface area contributed by atoms with Gasteiger partial charge in [0.1, 0.15) is 0 Å². The molecule has 1 N–H and O–H groups in total. The van der Waals surface area contributed by atoms with E-state index in [-0.39, 0.29) is 0 Å². The molecule has 0 amide bonds. The summed E-state index contributed by atoms with van der Waals surface area (Å²) in [5.41, 5.74) is 0. The fraction of sp³-hybridized carbons (Fsp3) is 0.833. The van der Waals surface area contributed by atoms with Gasteiger partial charge in [0, 0.05) is 6.61 Å². The Kier molecular flexibility index (Phi) is 17.4. The highest BCUT2D eigenvalue weighted by Gasteiger charge is 1.90. The minimum atomic E-state index is 0.352. The number of aliphatic hydroxyl groups is 1. The van der Waals surface area contributed by atoms with E-state index >= 15 is 0 Å².